The molecule has 25 heavy (non-hydrogen) atoms. The molecule has 2 aromatic rings. The maximum atomic E-state index is 12.9. The largest absolute Gasteiger partial charge is 0.497 e. The van der Waals surface area contributed by atoms with Crippen molar-refractivity contribution in [3.63, 3.8) is 0 Å². The number of rotatable bonds is 4. The molecule has 4 nitrogen and oxygen atoms in total. The molecule has 0 spiro atoms. The second-order valence-electron chi connectivity index (χ2n) is 6.83. The van der Waals surface area contributed by atoms with E-state index < -0.39 is 0 Å². The zero-order valence-corrected chi connectivity index (χ0v) is 15.1. The Morgan fingerprint density at radius 1 is 1.12 bits per heavy atom. The van der Waals surface area contributed by atoms with Crippen molar-refractivity contribution in [2.75, 3.05) is 14.2 Å². The summed E-state index contributed by atoms with van der Waals surface area (Å²) in [6.45, 7) is 4.26. The molecule has 0 radical (unpaired) electrons. The first-order valence-electron chi connectivity index (χ1n) is 8.28. The zero-order chi connectivity index (χ0) is 18.0. The van der Waals surface area contributed by atoms with Crippen molar-refractivity contribution in [3.8, 4) is 11.5 Å². The number of benzene rings is 2. The van der Waals surface area contributed by atoms with E-state index in [9.17, 15) is 4.79 Å². The maximum absolute atomic E-state index is 12.9. The summed E-state index contributed by atoms with van der Waals surface area (Å²) in [7, 11) is 3.14. The molecule has 130 valence electrons. The number of carbonyl (C=O) groups is 1. The summed E-state index contributed by atoms with van der Waals surface area (Å²) in [5.41, 5.74) is 3.51. The first-order chi connectivity index (χ1) is 11.9. The predicted molar refractivity (Wildman–Crippen MR) is 99.2 cm³/mol. The van der Waals surface area contributed by atoms with E-state index in [1.807, 2.05) is 18.2 Å². The number of hydrogen-bond acceptors (Lipinski definition) is 4. The molecule has 0 unspecified atom stereocenters. The van der Waals surface area contributed by atoms with Crippen molar-refractivity contribution in [1.82, 2.24) is 5.32 Å². The molecule has 0 aromatic heterocycles. The summed E-state index contributed by atoms with van der Waals surface area (Å²) in [6.07, 6.45) is 2.56. The number of nitrogens with one attached hydrogen (secondary N) is 1. The van der Waals surface area contributed by atoms with Gasteiger partial charge in [-0.15, -0.1) is 0 Å². The van der Waals surface area contributed by atoms with Crippen LogP contribution in [0.5, 0.6) is 11.5 Å². The van der Waals surface area contributed by atoms with E-state index in [0.29, 0.717) is 17.1 Å². The summed E-state index contributed by atoms with van der Waals surface area (Å²) >= 11 is 0. The molecule has 1 aliphatic rings. The van der Waals surface area contributed by atoms with Crippen molar-refractivity contribution in [1.29, 1.82) is 0 Å². The Morgan fingerprint density at radius 2 is 1.88 bits per heavy atom. The summed E-state index contributed by atoms with van der Waals surface area (Å²) in [6, 6.07) is 13.4. The van der Waals surface area contributed by atoms with Crippen LogP contribution in [0, 0.1) is 0 Å². The van der Waals surface area contributed by atoms with Gasteiger partial charge >= 0.3 is 0 Å². The van der Waals surface area contributed by atoms with Crippen LogP contribution in [0.25, 0.3) is 5.70 Å². The lowest BCUT2D eigenvalue weighted by atomic mass is 9.85. The van der Waals surface area contributed by atoms with Crippen LogP contribution in [0.1, 0.15) is 35.3 Å². The summed E-state index contributed by atoms with van der Waals surface area (Å²) in [5, 5.41) is 3.48. The molecule has 0 fully saturated rings. The van der Waals surface area contributed by atoms with Crippen molar-refractivity contribution >= 4 is 11.5 Å². The highest BCUT2D eigenvalue weighted by Crippen LogP contribution is 2.31. The minimum atomic E-state index is -0.120. The van der Waals surface area contributed by atoms with Gasteiger partial charge in [-0.05, 0) is 44.0 Å². The molecule has 4 heteroatoms. The fourth-order valence-electron chi connectivity index (χ4n) is 3.22. The molecule has 0 bridgehead atoms. The summed E-state index contributed by atoms with van der Waals surface area (Å²) in [4.78, 5) is 12.9. The van der Waals surface area contributed by atoms with Crippen molar-refractivity contribution in [2.24, 2.45) is 0 Å². The quantitative estimate of drug-likeness (QED) is 0.680. The molecule has 0 saturated carbocycles. The third kappa shape index (κ3) is 3.53. The van der Waals surface area contributed by atoms with Crippen molar-refractivity contribution < 1.29 is 14.3 Å². The van der Waals surface area contributed by atoms with Gasteiger partial charge in [-0.3, -0.25) is 4.79 Å². The van der Waals surface area contributed by atoms with E-state index in [-0.39, 0.29) is 11.3 Å². The van der Waals surface area contributed by atoms with Crippen LogP contribution >= 0.6 is 0 Å². The van der Waals surface area contributed by atoms with Crippen LogP contribution in [0.4, 0.5) is 0 Å². The first-order valence-corrected chi connectivity index (χ1v) is 8.28. The molecule has 0 atom stereocenters. The molecular formula is C21H23NO3. The fourth-order valence-corrected chi connectivity index (χ4v) is 3.22. The minimum absolute atomic E-state index is 0.112. The number of ether oxygens (including phenoxy) is 2. The second kappa shape index (κ2) is 6.63. The molecule has 1 N–H and O–H groups in total. The molecule has 0 amide bonds. The number of ketones is 1. The Balaban J connectivity index is 2.04. The Hall–Kier alpha value is -2.75. The molecule has 2 aromatic carbocycles. The van der Waals surface area contributed by atoms with Gasteiger partial charge in [0.15, 0.2) is 5.78 Å². The third-order valence-electron chi connectivity index (χ3n) is 4.36. The van der Waals surface area contributed by atoms with Crippen molar-refractivity contribution in [3.05, 3.63) is 65.2 Å². The predicted octanol–water partition coefficient (Wildman–Crippen LogP) is 3.85. The highest BCUT2D eigenvalue weighted by atomic mass is 16.5. The normalized spacial score (nSPS) is 16.7. The fraction of sp³-hybridized carbons (Fsp3) is 0.286. The topological polar surface area (TPSA) is 47.6 Å². The molecule has 0 saturated heterocycles. The Morgan fingerprint density at radius 3 is 2.60 bits per heavy atom. The zero-order valence-electron chi connectivity index (χ0n) is 15.1. The van der Waals surface area contributed by atoms with E-state index in [0.717, 1.165) is 17.7 Å². The van der Waals surface area contributed by atoms with E-state index >= 15 is 0 Å². The van der Waals surface area contributed by atoms with Crippen molar-refractivity contribution in [2.45, 2.75) is 25.8 Å². The summed E-state index contributed by atoms with van der Waals surface area (Å²) < 4.78 is 10.6. The number of hydrogen-bond donors (Lipinski definition) is 1. The number of carbonyl (C=O) groups excluding carboxylic acids is 1. The minimum Gasteiger partial charge on any atom is -0.497 e. The smallest absolute Gasteiger partial charge is 0.191 e. The lowest BCUT2D eigenvalue weighted by Crippen LogP contribution is -2.43. The SMILES string of the molecule is COc1ccc(OC)c(C(=O)C=C2NC(C)(C)Cc3ccccc32)c1. The Bertz CT molecular complexity index is 837. The lowest BCUT2D eigenvalue weighted by Gasteiger charge is -2.35. The van der Waals surface area contributed by atoms with Crippen LogP contribution in [0.3, 0.4) is 0 Å². The van der Waals surface area contributed by atoms with E-state index in [1.165, 1.54) is 5.56 Å². The van der Waals surface area contributed by atoms with Crippen LogP contribution in [0.2, 0.25) is 0 Å². The highest BCUT2D eigenvalue weighted by Gasteiger charge is 2.28. The molecule has 0 aliphatic carbocycles. The molecular weight excluding hydrogens is 314 g/mol. The van der Waals surface area contributed by atoms with Gasteiger partial charge in [-0.1, -0.05) is 24.3 Å². The van der Waals surface area contributed by atoms with E-state index in [4.69, 9.17) is 9.47 Å². The Labute approximate surface area is 148 Å². The van der Waals surface area contributed by atoms with E-state index in [2.05, 4.69) is 25.2 Å². The molecule has 1 aliphatic heterocycles. The van der Waals surface area contributed by atoms with E-state index in [1.54, 1.807) is 38.5 Å². The van der Waals surface area contributed by atoms with Crippen LogP contribution in [-0.2, 0) is 6.42 Å². The van der Waals surface area contributed by atoms with Gasteiger partial charge in [-0.2, -0.15) is 0 Å². The highest BCUT2D eigenvalue weighted by molar-refractivity contribution is 6.10. The van der Waals surface area contributed by atoms with Gasteiger partial charge < -0.3 is 14.8 Å². The third-order valence-corrected chi connectivity index (χ3v) is 4.36. The van der Waals surface area contributed by atoms with Crippen LogP contribution in [0.15, 0.2) is 48.5 Å². The maximum Gasteiger partial charge on any atom is 0.191 e. The van der Waals surface area contributed by atoms with Gasteiger partial charge in [0, 0.05) is 22.9 Å². The average Bonchev–Trinajstić information content (AvgIpc) is 2.60. The molecule has 3 rings (SSSR count). The van der Waals surface area contributed by atoms with Gasteiger partial charge in [0.1, 0.15) is 11.5 Å². The summed E-state index contributed by atoms with van der Waals surface area (Å²) in [5.74, 6) is 1.04. The van der Waals surface area contributed by atoms with Gasteiger partial charge in [0.2, 0.25) is 0 Å². The van der Waals surface area contributed by atoms with Gasteiger partial charge in [0.05, 0.1) is 19.8 Å². The lowest BCUT2D eigenvalue weighted by molar-refractivity contribution is 0.104. The number of methoxy groups -OCH3 is 2. The Kier molecular flexibility index (Phi) is 4.53. The molecule has 1 heterocycles. The second-order valence-corrected chi connectivity index (χ2v) is 6.83. The first kappa shape index (κ1) is 17.1. The number of fused-ring (bicyclic) bond motifs is 1. The standard InChI is InChI=1S/C21H23NO3/c1-21(2)13-14-7-5-6-8-16(14)18(22-21)12-19(23)17-11-15(24-3)9-10-20(17)25-4/h5-12,22H,13H2,1-4H3. The van der Waals surface area contributed by atoms with Crippen LogP contribution < -0.4 is 14.8 Å². The van der Waals surface area contributed by atoms with Crippen LogP contribution in [-0.4, -0.2) is 25.5 Å². The number of allylic oxidation sites excluding steroid dienone is 1. The van der Waals surface area contributed by atoms with Gasteiger partial charge in [-0.25, -0.2) is 0 Å². The van der Waals surface area contributed by atoms with Gasteiger partial charge in [0.25, 0.3) is 0 Å². The monoisotopic (exact) mass is 337 g/mol. The average molecular weight is 337 g/mol.